The summed E-state index contributed by atoms with van der Waals surface area (Å²) in [7, 11) is -1.52. The molecule has 1 rings (SSSR count). The highest BCUT2D eigenvalue weighted by atomic mass is 32.2. The summed E-state index contributed by atoms with van der Waals surface area (Å²) in [5.74, 6) is 0.176. The van der Waals surface area contributed by atoms with Crippen molar-refractivity contribution in [1.82, 2.24) is 5.32 Å². The molecule has 0 atom stereocenters. The molecule has 0 aliphatic carbocycles. The SMILES string of the molecule is COCCNCCCS(=O)(=O)c1ccc(C)c(C)c1. The van der Waals surface area contributed by atoms with E-state index in [0.717, 1.165) is 17.7 Å². The molecule has 0 aliphatic rings. The topological polar surface area (TPSA) is 55.4 Å². The van der Waals surface area contributed by atoms with Crippen LogP contribution in [-0.2, 0) is 14.6 Å². The van der Waals surface area contributed by atoms with Crippen LogP contribution in [0.3, 0.4) is 0 Å². The molecule has 0 unspecified atom stereocenters. The van der Waals surface area contributed by atoms with E-state index in [1.807, 2.05) is 19.9 Å². The quantitative estimate of drug-likeness (QED) is 0.739. The van der Waals surface area contributed by atoms with Gasteiger partial charge in [-0.3, -0.25) is 0 Å². The number of ether oxygens (including phenoxy) is 1. The van der Waals surface area contributed by atoms with E-state index >= 15 is 0 Å². The summed E-state index contributed by atoms with van der Waals surface area (Å²) in [6, 6.07) is 5.30. The second-order valence-electron chi connectivity index (χ2n) is 4.66. The molecule has 0 heterocycles. The normalized spacial score (nSPS) is 11.7. The molecule has 0 radical (unpaired) electrons. The van der Waals surface area contributed by atoms with Gasteiger partial charge in [-0.1, -0.05) is 6.07 Å². The molecular formula is C14H23NO3S. The van der Waals surface area contributed by atoms with Crippen LogP contribution in [0.2, 0.25) is 0 Å². The van der Waals surface area contributed by atoms with Crippen molar-refractivity contribution in [3.63, 3.8) is 0 Å². The summed E-state index contributed by atoms with van der Waals surface area (Å²) in [4.78, 5) is 0.424. The van der Waals surface area contributed by atoms with E-state index in [1.165, 1.54) is 0 Å². The summed E-state index contributed by atoms with van der Waals surface area (Å²) in [5.41, 5.74) is 2.12. The zero-order valence-corrected chi connectivity index (χ0v) is 12.7. The molecule has 0 saturated heterocycles. The Morgan fingerprint density at radius 3 is 2.53 bits per heavy atom. The van der Waals surface area contributed by atoms with Gasteiger partial charge in [0.25, 0.3) is 0 Å². The van der Waals surface area contributed by atoms with E-state index in [2.05, 4.69) is 5.32 Å². The molecule has 1 aromatic rings. The van der Waals surface area contributed by atoms with E-state index in [1.54, 1.807) is 19.2 Å². The van der Waals surface area contributed by atoms with Gasteiger partial charge in [-0.05, 0) is 50.1 Å². The number of rotatable bonds is 8. The molecule has 0 aromatic heterocycles. The number of aryl methyl sites for hydroxylation is 2. The molecule has 0 bridgehead atoms. The monoisotopic (exact) mass is 285 g/mol. The van der Waals surface area contributed by atoms with Crippen LogP contribution in [0.25, 0.3) is 0 Å². The van der Waals surface area contributed by atoms with Crippen LogP contribution in [0.15, 0.2) is 23.1 Å². The Labute approximate surface area is 116 Å². The fourth-order valence-corrected chi connectivity index (χ4v) is 3.10. The van der Waals surface area contributed by atoms with Crippen LogP contribution in [-0.4, -0.2) is 41.0 Å². The van der Waals surface area contributed by atoms with E-state index in [0.29, 0.717) is 24.5 Å². The van der Waals surface area contributed by atoms with Crippen molar-refractivity contribution >= 4 is 9.84 Å². The van der Waals surface area contributed by atoms with Gasteiger partial charge in [0.1, 0.15) is 0 Å². The minimum atomic E-state index is -3.16. The third-order valence-corrected chi connectivity index (χ3v) is 4.89. The fraction of sp³-hybridized carbons (Fsp3) is 0.571. The van der Waals surface area contributed by atoms with Crippen LogP contribution >= 0.6 is 0 Å². The fourth-order valence-electron chi connectivity index (χ4n) is 1.71. The molecule has 4 nitrogen and oxygen atoms in total. The lowest BCUT2D eigenvalue weighted by atomic mass is 10.1. The molecule has 1 N–H and O–H groups in total. The van der Waals surface area contributed by atoms with Gasteiger partial charge in [-0.15, -0.1) is 0 Å². The van der Waals surface area contributed by atoms with Crippen LogP contribution in [0.5, 0.6) is 0 Å². The van der Waals surface area contributed by atoms with E-state index < -0.39 is 9.84 Å². The zero-order chi connectivity index (χ0) is 14.3. The summed E-state index contributed by atoms with van der Waals surface area (Å²) >= 11 is 0. The van der Waals surface area contributed by atoms with Crippen LogP contribution in [0, 0.1) is 13.8 Å². The summed E-state index contributed by atoms with van der Waals surface area (Å²) in [6.07, 6.45) is 0.610. The maximum absolute atomic E-state index is 12.1. The number of benzene rings is 1. The molecule has 0 amide bonds. The molecule has 1 aromatic carbocycles. The second kappa shape index (κ2) is 7.62. The van der Waals surface area contributed by atoms with Crippen molar-refractivity contribution in [3.05, 3.63) is 29.3 Å². The largest absolute Gasteiger partial charge is 0.383 e. The van der Waals surface area contributed by atoms with Gasteiger partial charge in [0.15, 0.2) is 9.84 Å². The van der Waals surface area contributed by atoms with Gasteiger partial charge in [0.2, 0.25) is 0 Å². The minimum Gasteiger partial charge on any atom is -0.383 e. The predicted molar refractivity (Wildman–Crippen MR) is 77.3 cm³/mol. The third-order valence-electron chi connectivity index (χ3n) is 3.09. The molecule has 0 spiro atoms. The summed E-state index contributed by atoms with van der Waals surface area (Å²) in [6.45, 7) is 5.99. The van der Waals surface area contributed by atoms with Gasteiger partial charge in [0.05, 0.1) is 17.3 Å². The van der Waals surface area contributed by atoms with E-state index in [4.69, 9.17) is 4.74 Å². The predicted octanol–water partition coefficient (Wildman–Crippen LogP) is 1.70. The lowest BCUT2D eigenvalue weighted by Gasteiger charge is -2.08. The number of sulfone groups is 1. The summed E-state index contributed by atoms with van der Waals surface area (Å²) < 4.78 is 29.2. The Morgan fingerprint density at radius 2 is 1.89 bits per heavy atom. The molecular weight excluding hydrogens is 262 g/mol. The van der Waals surface area contributed by atoms with Gasteiger partial charge in [-0.2, -0.15) is 0 Å². The average Bonchev–Trinajstić information content (AvgIpc) is 2.36. The molecule has 0 fully saturated rings. The van der Waals surface area contributed by atoms with Crippen LogP contribution < -0.4 is 5.32 Å². The van der Waals surface area contributed by atoms with Crippen molar-refractivity contribution in [2.24, 2.45) is 0 Å². The standard InChI is InChI=1S/C14H23NO3S/c1-12-5-6-14(11-13(12)2)19(16,17)10-4-7-15-8-9-18-3/h5-6,11,15H,4,7-10H2,1-3H3. The number of hydrogen-bond donors (Lipinski definition) is 1. The van der Waals surface area contributed by atoms with Crippen molar-refractivity contribution in [2.45, 2.75) is 25.2 Å². The van der Waals surface area contributed by atoms with Crippen molar-refractivity contribution in [1.29, 1.82) is 0 Å². The van der Waals surface area contributed by atoms with Gasteiger partial charge in [-0.25, -0.2) is 8.42 Å². The third kappa shape index (κ3) is 5.30. The van der Waals surface area contributed by atoms with E-state index in [9.17, 15) is 8.42 Å². The molecule has 108 valence electrons. The smallest absolute Gasteiger partial charge is 0.178 e. The Hall–Kier alpha value is -0.910. The Morgan fingerprint density at radius 1 is 1.16 bits per heavy atom. The van der Waals surface area contributed by atoms with Gasteiger partial charge >= 0.3 is 0 Å². The van der Waals surface area contributed by atoms with Gasteiger partial charge < -0.3 is 10.1 Å². The first-order chi connectivity index (χ1) is 8.97. The lowest BCUT2D eigenvalue weighted by molar-refractivity contribution is 0.199. The van der Waals surface area contributed by atoms with Crippen molar-refractivity contribution < 1.29 is 13.2 Å². The van der Waals surface area contributed by atoms with Crippen molar-refractivity contribution in [3.8, 4) is 0 Å². The highest BCUT2D eigenvalue weighted by Crippen LogP contribution is 2.16. The minimum absolute atomic E-state index is 0.176. The first-order valence-electron chi connectivity index (χ1n) is 6.47. The highest BCUT2D eigenvalue weighted by Gasteiger charge is 2.14. The van der Waals surface area contributed by atoms with E-state index in [-0.39, 0.29) is 5.75 Å². The number of hydrogen-bond acceptors (Lipinski definition) is 4. The number of nitrogens with one attached hydrogen (secondary N) is 1. The Bertz CT molecular complexity index is 497. The first-order valence-corrected chi connectivity index (χ1v) is 8.12. The molecule has 0 aliphatic heterocycles. The van der Waals surface area contributed by atoms with Crippen LogP contribution in [0.1, 0.15) is 17.5 Å². The molecule has 5 heteroatoms. The average molecular weight is 285 g/mol. The molecule has 19 heavy (non-hydrogen) atoms. The second-order valence-corrected chi connectivity index (χ2v) is 6.77. The number of methoxy groups -OCH3 is 1. The highest BCUT2D eigenvalue weighted by molar-refractivity contribution is 7.91. The summed E-state index contributed by atoms with van der Waals surface area (Å²) in [5, 5.41) is 3.14. The van der Waals surface area contributed by atoms with Gasteiger partial charge in [0, 0.05) is 13.7 Å². The lowest BCUT2D eigenvalue weighted by Crippen LogP contribution is -2.22. The van der Waals surface area contributed by atoms with Crippen LogP contribution in [0.4, 0.5) is 0 Å². The van der Waals surface area contributed by atoms with Crippen molar-refractivity contribution in [2.75, 3.05) is 32.6 Å². The molecule has 0 saturated carbocycles. The maximum atomic E-state index is 12.1. The zero-order valence-electron chi connectivity index (χ0n) is 11.9. The first kappa shape index (κ1) is 16.1. The Kier molecular flexibility index (Phi) is 6.48. The maximum Gasteiger partial charge on any atom is 0.178 e. The Balaban J connectivity index is 2.49.